The Morgan fingerprint density at radius 2 is 1.61 bits per heavy atom. The van der Waals surface area contributed by atoms with Crippen molar-refractivity contribution in [3.05, 3.63) is 75.3 Å². The molecule has 6 heteroatoms. The van der Waals surface area contributed by atoms with Gasteiger partial charge in [0.2, 0.25) is 5.91 Å². The lowest BCUT2D eigenvalue weighted by Gasteiger charge is -2.17. The van der Waals surface area contributed by atoms with Crippen LogP contribution in [0.25, 0.3) is 11.3 Å². The maximum absolute atomic E-state index is 12.7. The summed E-state index contributed by atoms with van der Waals surface area (Å²) >= 11 is 0. The highest BCUT2D eigenvalue weighted by molar-refractivity contribution is 5.94. The Balaban J connectivity index is 1.84. The molecule has 0 radical (unpaired) electrons. The minimum Gasteiger partial charge on any atom is -0.324 e. The summed E-state index contributed by atoms with van der Waals surface area (Å²) in [5.41, 5.74) is 5.71. The lowest BCUT2D eigenvalue weighted by Crippen LogP contribution is -2.35. The number of aromatic nitrogens is 3. The van der Waals surface area contributed by atoms with E-state index in [0.717, 1.165) is 38.2 Å². The van der Waals surface area contributed by atoms with Gasteiger partial charge >= 0.3 is 5.69 Å². The fourth-order valence-electron chi connectivity index (χ4n) is 3.19. The largest absolute Gasteiger partial charge is 0.365 e. The molecule has 0 aliphatic heterocycles. The van der Waals surface area contributed by atoms with Gasteiger partial charge in [-0.1, -0.05) is 47.5 Å². The van der Waals surface area contributed by atoms with Gasteiger partial charge in [-0.05, 0) is 45.7 Å². The number of rotatable bonds is 4. The molecule has 0 bridgehead atoms. The Hall–Kier alpha value is -3.28. The quantitative estimate of drug-likeness (QED) is 0.752. The number of nitrogens with one attached hydrogen (secondary N) is 1. The van der Waals surface area contributed by atoms with Gasteiger partial charge in [0.1, 0.15) is 6.04 Å². The molecule has 0 fully saturated rings. The van der Waals surface area contributed by atoms with Crippen LogP contribution in [0.15, 0.2) is 47.4 Å². The normalized spacial score (nSPS) is 11.9. The molecule has 1 atom stereocenters. The number of aryl methyl sites for hydroxylation is 4. The lowest BCUT2D eigenvalue weighted by molar-refractivity contribution is -0.119. The summed E-state index contributed by atoms with van der Waals surface area (Å²) in [6, 6.07) is 10.9. The average Bonchev–Trinajstić information content (AvgIpc) is 2.64. The predicted octanol–water partition coefficient (Wildman–Crippen LogP) is 3.74. The lowest BCUT2D eigenvalue weighted by atomic mass is 10.0. The van der Waals surface area contributed by atoms with E-state index in [1.54, 1.807) is 6.92 Å². The summed E-state index contributed by atoms with van der Waals surface area (Å²) in [5, 5.41) is 7.10. The summed E-state index contributed by atoms with van der Waals surface area (Å²) in [6.45, 7) is 9.53. The van der Waals surface area contributed by atoms with Crippen LogP contribution in [0.5, 0.6) is 0 Å². The zero-order valence-electron chi connectivity index (χ0n) is 16.8. The molecule has 0 aliphatic rings. The van der Waals surface area contributed by atoms with E-state index in [9.17, 15) is 9.59 Å². The molecule has 3 aromatic rings. The minimum atomic E-state index is -0.785. The van der Waals surface area contributed by atoms with Crippen LogP contribution in [0.3, 0.4) is 0 Å². The Bertz CT molecular complexity index is 1060. The number of amides is 1. The van der Waals surface area contributed by atoms with E-state index in [4.69, 9.17) is 0 Å². The van der Waals surface area contributed by atoms with Crippen molar-refractivity contribution in [3.63, 3.8) is 0 Å². The van der Waals surface area contributed by atoms with E-state index in [2.05, 4.69) is 15.4 Å². The monoisotopic (exact) mass is 376 g/mol. The zero-order valence-corrected chi connectivity index (χ0v) is 16.8. The molecule has 0 saturated heterocycles. The number of carbonyl (C=O) groups excluding carboxylic acids is 1. The molecule has 28 heavy (non-hydrogen) atoms. The third kappa shape index (κ3) is 4.01. The summed E-state index contributed by atoms with van der Waals surface area (Å²) in [5.74, 6) is -0.311. The highest BCUT2D eigenvalue weighted by atomic mass is 16.2. The molecule has 144 valence electrons. The summed E-state index contributed by atoms with van der Waals surface area (Å²) < 4.78 is 1.10. The van der Waals surface area contributed by atoms with Gasteiger partial charge < -0.3 is 5.32 Å². The van der Waals surface area contributed by atoms with Crippen molar-refractivity contribution in [3.8, 4) is 11.3 Å². The van der Waals surface area contributed by atoms with Crippen LogP contribution in [0, 0.1) is 27.7 Å². The first-order valence-electron chi connectivity index (χ1n) is 9.18. The third-order valence-corrected chi connectivity index (χ3v) is 4.74. The molecule has 3 rings (SSSR count). The van der Waals surface area contributed by atoms with E-state index in [-0.39, 0.29) is 5.91 Å². The number of hydrogen-bond acceptors (Lipinski definition) is 4. The predicted molar refractivity (Wildman–Crippen MR) is 110 cm³/mol. The molecule has 0 aliphatic carbocycles. The number of hydrogen-bond donors (Lipinski definition) is 1. The fraction of sp³-hybridized carbons (Fsp3) is 0.273. The first-order valence-corrected chi connectivity index (χ1v) is 9.18. The van der Waals surface area contributed by atoms with Crippen LogP contribution in [-0.4, -0.2) is 20.7 Å². The fourth-order valence-corrected chi connectivity index (χ4v) is 3.19. The summed E-state index contributed by atoms with van der Waals surface area (Å²) in [6.07, 6.45) is 1.51. The van der Waals surface area contributed by atoms with E-state index in [0.29, 0.717) is 5.69 Å². The second kappa shape index (κ2) is 7.76. The van der Waals surface area contributed by atoms with E-state index >= 15 is 0 Å². The van der Waals surface area contributed by atoms with Crippen LogP contribution in [0.2, 0.25) is 0 Å². The SMILES string of the molecule is Cc1ccc(-c2cnn(C(C)C(=O)Nc3c(C)cc(C)cc3C)c(=O)n2)cc1. The van der Waals surface area contributed by atoms with Crippen LogP contribution in [-0.2, 0) is 4.79 Å². The third-order valence-electron chi connectivity index (χ3n) is 4.74. The first-order chi connectivity index (χ1) is 13.3. The molecule has 1 aromatic heterocycles. The van der Waals surface area contributed by atoms with Crippen molar-refractivity contribution >= 4 is 11.6 Å². The van der Waals surface area contributed by atoms with Crippen LogP contribution < -0.4 is 11.0 Å². The number of anilines is 1. The van der Waals surface area contributed by atoms with Crippen LogP contribution in [0.1, 0.15) is 35.2 Å². The van der Waals surface area contributed by atoms with Gasteiger partial charge in [-0.15, -0.1) is 0 Å². The van der Waals surface area contributed by atoms with Crippen molar-refractivity contribution in [1.29, 1.82) is 0 Å². The summed E-state index contributed by atoms with van der Waals surface area (Å²) in [4.78, 5) is 29.3. The molecule has 1 amide bonds. The van der Waals surface area contributed by atoms with Crippen molar-refractivity contribution in [2.24, 2.45) is 0 Å². The van der Waals surface area contributed by atoms with E-state index < -0.39 is 11.7 Å². The minimum absolute atomic E-state index is 0.311. The molecule has 1 N–H and O–H groups in total. The highest BCUT2D eigenvalue weighted by Gasteiger charge is 2.20. The maximum Gasteiger partial charge on any atom is 0.365 e. The second-order valence-electron chi connectivity index (χ2n) is 7.17. The Kier molecular flexibility index (Phi) is 5.40. The van der Waals surface area contributed by atoms with Gasteiger partial charge in [-0.25, -0.2) is 9.48 Å². The molecule has 1 heterocycles. The van der Waals surface area contributed by atoms with Gasteiger partial charge in [0.05, 0.1) is 11.9 Å². The van der Waals surface area contributed by atoms with Crippen LogP contribution in [0.4, 0.5) is 5.69 Å². The van der Waals surface area contributed by atoms with Crippen LogP contribution >= 0.6 is 0 Å². The van der Waals surface area contributed by atoms with E-state index in [1.807, 2.05) is 64.1 Å². The van der Waals surface area contributed by atoms with Gasteiger partial charge in [-0.2, -0.15) is 10.1 Å². The molecule has 6 nitrogen and oxygen atoms in total. The average molecular weight is 376 g/mol. The van der Waals surface area contributed by atoms with Crippen molar-refractivity contribution < 1.29 is 4.79 Å². The standard InChI is InChI=1S/C22H24N4O2/c1-13-6-8-18(9-7-13)19-12-23-26(22(28)24-19)17(5)21(27)25-20-15(3)10-14(2)11-16(20)4/h6-12,17H,1-5H3,(H,25,27). The molecule has 2 aromatic carbocycles. The van der Waals surface area contributed by atoms with E-state index in [1.165, 1.54) is 6.20 Å². The number of nitrogens with zero attached hydrogens (tertiary/aromatic N) is 3. The number of benzene rings is 2. The van der Waals surface area contributed by atoms with Gasteiger partial charge in [-0.3, -0.25) is 4.79 Å². The van der Waals surface area contributed by atoms with Gasteiger partial charge in [0, 0.05) is 11.3 Å². The molecule has 0 saturated carbocycles. The highest BCUT2D eigenvalue weighted by Crippen LogP contribution is 2.23. The summed E-state index contributed by atoms with van der Waals surface area (Å²) in [7, 11) is 0. The Morgan fingerprint density at radius 3 is 2.18 bits per heavy atom. The maximum atomic E-state index is 12.7. The zero-order chi connectivity index (χ0) is 20.4. The van der Waals surface area contributed by atoms with Crippen molar-refractivity contribution in [2.75, 3.05) is 5.32 Å². The first kappa shape index (κ1) is 19.5. The molecular formula is C22H24N4O2. The molecule has 0 spiro atoms. The Labute approximate surface area is 164 Å². The number of carbonyl (C=O) groups is 1. The van der Waals surface area contributed by atoms with Gasteiger partial charge in [0.15, 0.2) is 0 Å². The smallest absolute Gasteiger partial charge is 0.324 e. The second-order valence-corrected chi connectivity index (χ2v) is 7.17. The molecular weight excluding hydrogens is 352 g/mol. The van der Waals surface area contributed by atoms with Gasteiger partial charge in [0.25, 0.3) is 0 Å². The van der Waals surface area contributed by atoms with Crippen molar-refractivity contribution in [2.45, 2.75) is 40.7 Å². The molecule has 1 unspecified atom stereocenters. The van der Waals surface area contributed by atoms with Crippen molar-refractivity contribution in [1.82, 2.24) is 14.8 Å². The Morgan fingerprint density at radius 1 is 1.00 bits per heavy atom. The topological polar surface area (TPSA) is 76.9 Å².